The zero-order chi connectivity index (χ0) is 6.12. The molecule has 0 unspecified atom stereocenters. The van der Waals surface area contributed by atoms with Gasteiger partial charge in [-0.25, -0.2) is 0 Å². The van der Waals surface area contributed by atoms with Crippen LogP contribution in [-0.4, -0.2) is 20.8 Å². The molecule has 0 aromatic carbocycles. The van der Waals surface area contributed by atoms with Crippen LogP contribution in [0.4, 0.5) is 0 Å². The van der Waals surface area contributed by atoms with Crippen LogP contribution < -0.4 is 5.73 Å². The fourth-order valence-electron chi connectivity index (χ4n) is 0.204. The number of halogens is 1. The van der Waals surface area contributed by atoms with Crippen LogP contribution in [-0.2, 0) is 4.74 Å². The Labute approximate surface area is 57.8 Å². The molecule has 0 bridgehead atoms. The molecule has 3 heteroatoms. The molecule has 0 aromatic heterocycles. The Morgan fingerprint density at radius 3 is 1.75 bits per heavy atom. The van der Waals surface area contributed by atoms with Crippen LogP contribution in [0.25, 0.3) is 0 Å². The maximum atomic E-state index is 4.69. The molecule has 2 nitrogen and oxygen atoms in total. The maximum absolute atomic E-state index is 4.69. The van der Waals surface area contributed by atoms with Gasteiger partial charge in [0, 0.05) is 13.7 Å². The lowest BCUT2D eigenvalue weighted by Gasteiger charge is -1.84. The van der Waals surface area contributed by atoms with Crippen LogP contribution >= 0.6 is 12.4 Å². The third kappa shape index (κ3) is 34.5. The van der Waals surface area contributed by atoms with Crippen molar-refractivity contribution in [2.24, 2.45) is 5.73 Å². The van der Waals surface area contributed by atoms with Crippen molar-refractivity contribution in [1.29, 1.82) is 0 Å². The Morgan fingerprint density at radius 2 is 1.75 bits per heavy atom. The summed E-state index contributed by atoms with van der Waals surface area (Å²) < 4.78 is 4.69. The standard InChI is InChI=1S/C4H10O.CH5N.ClH/c1-3-4-5-2;1-2;/h3-4H2,1-2H3;2H2,1H3;1H. The number of hydrogen-bond acceptors (Lipinski definition) is 2. The monoisotopic (exact) mass is 141 g/mol. The van der Waals surface area contributed by atoms with Crippen LogP contribution in [0.1, 0.15) is 13.3 Å². The van der Waals surface area contributed by atoms with Crippen LogP contribution in [0, 0.1) is 0 Å². The predicted octanol–water partition coefficient (Wildman–Crippen LogP) is 1.04. The Hall–Kier alpha value is 0.210. The second-order valence-electron chi connectivity index (χ2n) is 0.993. The molecule has 0 atom stereocenters. The second kappa shape index (κ2) is 27.0. The molecule has 0 amide bonds. The lowest BCUT2D eigenvalue weighted by atomic mass is 10.5. The molecule has 0 aliphatic rings. The third-order valence-electron chi connectivity index (χ3n) is 0.408. The van der Waals surface area contributed by atoms with Gasteiger partial charge in [0.1, 0.15) is 0 Å². The van der Waals surface area contributed by atoms with Crippen molar-refractivity contribution in [3.63, 3.8) is 0 Å². The lowest BCUT2D eigenvalue weighted by Crippen LogP contribution is -1.80. The third-order valence-corrected chi connectivity index (χ3v) is 0.408. The molecule has 0 fully saturated rings. The van der Waals surface area contributed by atoms with E-state index in [9.17, 15) is 0 Å². The molecule has 0 radical (unpaired) electrons. The zero-order valence-electron chi connectivity index (χ0n) is 5.81. The highest BCUT2D eigenvalue weighted by atomic mass is 35.5. The lowest BCUT2D eigenvalue weighted by molar-refractivity contribution is 0.199. The molecule has 2 N–H and O–H groups in total. The van der Waals surface area contributed by atoms with Crippen molar-refractivity contribution in [3.05, 3.63) is 0 Å². The van der Waals surface area contributed by atoms with Gasteiger partial charge in [0.15, 0.2) is 0 Å². The summed E-state index contributed by atoms with van der Waals surface area (Å²) in [4.78, 5) is 0. The highest BCUT2D eigenvalue weighted by Crippen LogP contribution is 1.70. The molecule has 8 heavy (non-hydrogen) atoms. The summed E-state index contributed by atoms with van der Waals surface area (Å²) in [5.41, 5.74) is 4.50. The van der Waals surface area contributed by atoms with Gasteiger partial charge in [-0.15, -0.1) is 12.4 Å². The van der Waals surface area contributed by atoms with Gasteiger partial charge in [0.25, 0.3) is 0 Å². The van der Waals surface area contributed by atoms with E-state index in [1.165, 1.54) is 7.05 Å². The minimum Gasteiger partial charge on any atom is -0.385 e. The first kappa shape index (κ1) is 15.7. The molecule has 0 saturated heterocycles. The van der Waals surface area contributed by atoms with Gasteiger partial charge in [-0.1, -0.05) is 6.92 Å². The van der Waals surface area contributed by atoms with Crippen molar-refractivity contribution >= 4 is 12.4 Å². The van der Waals surface area contributed by atoms with Gasteiger partial charge >= 0.3 is 0 Å². The molecule has 0 rings (SSSR count). The SMILES string of the molecule is CCCOC.CN.Cl. The van der Waals surface area contributed by atoms with Gasteiger partial charge in [0.05, 0.1) is 0 Å². The highest BCUT2D eigenvalue weighted by Gasteiger charge is 1.66. The first-order valence-corrected chi connectivity index (χ1v) is 2.48. The summed E-state index contributed by atoms with van der Waals surface area (Å²) in [5.74, 6) is 0. The predicted molar refractivity (Wildman–Crippen MR) is 39.5 cm³/mol. The summed E-state index contributed by atoms with van der Waals surface area (Å²) >= 11 is 0. The Balaban J connectivity index is -0.0000000750. The first-order chi connectivity index (χ1) is 3.41. The van der Waals surface area contributed by atoms with E-state index in [0.717, 1.165) is 13.0 Å². The number of hydrogen-bond donors (Lipinski definition) is 1. The summed E-state index contributed by atoms with van der Waals surface area (Å²) in [7, 11) is 3.21. The zero-order valence-corrected chi connectivity index (χ0v) is 6.62. The van der Waals surface area contributed by atoms with Crippen molar-refractivity contribution in [2.45, 2.75) is 13.3 Å². The molecule has 0 heterocycles. The van der Waals surface area contributed by atoms with Crippen LogP contribution in [0.3, 0.4) is 0 Å². The molecule has 0 spiro atoms. The largest absolute Gasteiger partial charge is 0.385 e. The normalized spacial score (nSPS) is 6.00. The number of ether oxygens (including phenoxy) is 1. The molecular weight excluding hydrogens is 126 g/mol. The first-order valence-electron chi connectivity index (χ1n) is 2.48. The van der Waals surface area contributed by atoms with E-state index in [-0.39, 0.29) is 12.4 Å². The van der Waals surface area contributed by atoms with E-state index in [4.69, 9.17) is 4.74 Å². The Morgan fingerprint density at radius 1 is 1.38 bits per heavy atom. The summed E-state index contributed by atoms with van der Waals surface area (Å²) in [6, 6.07) is 0. The topological polar surface area (TPSA) is 35.2 Å². The van der Waals surface area contributed by atoms with Crippen LogP contribution in [0.2, 0.25) is 0 Å². The van der Waals surface area contributed by atoms with Crippen molar-refractivity contribution < 1.29 is 4.74 Å². The van der Waals surface area contributed by atoms with Crippen LogP contribution in [0.15, 0.2) is 0 Å². The van der Waals surface area contributed by atoms with E-state index < -0.39 is 0 Å². The molecule has 0 aromatic rings. The van der Waals surface area contributed by atoms with E-state index in [2.05, 4.69) is 12.7 Å². The molecule has 0 aliphatic heterocycles. The van der Waals surface area contributed by atoms with Gasteiger partial charge < -0.3 is 10.5 Å². The van der Waals surface area contributed by atoms with Crippen molar-refractivity contribution in [1.82, 2.24) is 0 Å². The van der Waals surface area contributed by atoms with Crippen LogP contribution in [0.5, 0.6) is 0 Å². The van der Waals surface area contributed by atoms with Gasteiger partial charge in [0.2, 0.25) is 0 Å². The van der Waals surface area contributed by atoms with E-state index in [1.807, 2.05) is 0 Å². The molecule has 0 saturated carbocycles. The average Bonchev–Trinajstić information content (AvgIpc) is 1.75. The van der Waals surface area contributed by atoms with E-state index in [1.54, 1.807) is 7.11 Å². The van der Waals surface area contributed by atoms with E-state index >= 15 is 0 Å². The number of rotatable bonds is 2. The molecular formula is C5H16ClNO. The van der Waals surface area contributed by atoms with Crippen molar-refractivity contribution in [3.8, 4) is 0 Å². The van der Waals surface area contributed by atoms with Gasteiger partial charge in [-0.05, 0) is 13.5 Å². The summed E-state index contributed by atoms with van der Waals surface area (Å²) in [6.07, 6.45) is 1.12. The second-order valence-corrected chi connectivity index (χ2v) is 0.993. The van der Waals surface area contributed by atoms with E-state index in [0.29, 0.717) is 0 Å². The minimum absolute atomic E-state index is 0. The number of nitrogens with two attached hydrogens (primary N) is 1. The highest BCUT2D eigenvalue weighted by molar-refractivity contribution is 5.85. The Kier molecular flexibility index (Phi) is 53.0. The number of methoxy groups -OCH3 is 1. The molecule has 0 aliphatic carbocycles. The smallest absolute Gasteiger partial charge is 0.0459 e. The maximum Gasteiger partial charge on any atom is 0.0459 e. The van der Waals surface area contributed by atoms with Crippen molar-refractivity contribution in [2.75, 3.05) is 20.8 Å². The Bertz CT molecular complexity index is 19.9. The minimum atomic E-state index is 0. The fraction of sp³-hybridized carbons (Fsp3) is 1.00. The summed E-state index contributed by atoms with van der Waals surface area (Å²) in [5, 5.41) is 0. The van der Waals surface area contributed by atoms with Gasteiger partial charge in [-0.2, -0.15) is 0 Å². The summed E-state index contributed by atoms with van der Waals surface area (Å²) in [6.45, 7) is 2.98. The fourth-order valence-corrected chi connectivity index (χ4v) is 0.204. The van der Waals surface area contributed by atoms with Gasteiger partial charge in [-0.3, -0.25) is 0 Å². The average molecular weight is 142 g/mol. The quantitative estimate of drug-likeness (QED) is 0.624. The molecule has 54 valence electrons.